The van der Waals surface area contributed by atoms with Crippen LogP contribution in [-0.4, -0.2) is 24.9 Å². The summed E-state index contributed by atoms with van der Waals surface area (Å²) in [5, 5.41) is 3.73. The second kappa shape index (κ2) is 5.26. The monoisotopic (exact) mass is 315 g/mol. The Bertz CT molecular complexity index is 460. The summed E-state index contributed by atoms with van der Waals surface area (Å²) in [4.78, 5) is 11.9. The first-order valence-electron chi connectivity index (χ1n) is 5.78. The second-order valence-electron chi connectivity index (χ2n) is 4.67. The maximum absolute atomic E-state index is 13.5. The smallest absolute Gasteiger partial charge is 0.251 e. The largest absolute Gasteiger partial charge is 0.494 e. The van der Waals surface area contributed by atoms with Crippen LogP contribution >= 0.6 is 15.9 Å². The first-order valence-corrected chi connectivity index (χ1v) is 6.90. The van der Waals surface area contributed by atoms with E-state index in [9.17, 15) is 9.18 Å². The molecule has 0 aromatic heterocycles. The van der Waals surface area contributed by atoms with E-state index in [1.165, 1.54) is 19.2 Å². The number of nitrogens with one attached hydrogen (secondary N) is 1. The van der Waals surface area contributed by atoms with Crippen LogP contribution in [0.25, 0.3) is 0 Å². The van der Waals surface area contributed by atoms with E-state index >= 15 is 0 Å². The fraction of sp³-hybridized carbons (Fsp3) is 0.462. The molecule has 0 saturated heterocycles. The summed E-state index contributed by atoms with van der Waals surface area (Å²) in [6.07, 6.45) is 2.24. The average molecular weight is 316 g/mol. The molecule has 1 saturated carbocycles. The predicted octanol–water partition coefficient (Wildman–Crippen LogP) is 2.74. The van der Waals surface area contributed by atoms with Crippen LogP contribution in [0.1, 0.15) is 23.2 Å². The zero-order chi connectivity index (χ0) is 13.2. The topological polar surface area (TPSA) is 38.3 Å². The van der Waals surface area contributed by atoms with Gasteiger partial charge in [-0.1, -0.05) is 15.9 Å². The molecule has 0 aliphatic heterocycles. The molecule has 1 aliphatic rings. The first-order chi connectivity index (χ1) is 8.60. The zero-order valence-electron chi connectivity index (χ0n) is 10.1. The number of ether oxygens (including phenoxy) is 1. The normalized spacial score (nSPS) is 16.2. The Labute approximate surface area is 114 Å². The summed E-state index contributed by atoms with van der Waals surface area (Å²) in [7, 11) is 1.39. The number of alkyl halides is 1. The van der Waals surface area contributed by atoms with Crippen LogP contribution in [0.2, 0.25) is 0 Å². The molecule has 1 aliphatic carbocycles. The molecule has 0 heterocycles. The molecule has 18 heavy (non-hydrogen) atoms. The summed E-state index contributed by atoms with van der Waals surface area (Å²) in [6.45, 7) is 0.630. The third-order valence-electron chi connectivity index (χ3n) is 3.28. The van der Waals surface area contributed by atoms with Gasteiger partial charge >= 0.3 is 0 Å². The van der Waals surface area contributed by atoms with Crippen LogP contribution in [-0.2, 0) is 0 Å². The van der Waals surface area contributed by atoms with Gasteiger partial charge in [-0.2, -0.15) is 0 Å². The van der Waals surface area contributed by atoms with Gasteiger partial charge < -0.3 is 10.1 Å². The summed E-state index contributed by atoms with van der Waals surface area (Å²) in [5.74, 6) is -0.624. The summed E-state index contributed by atoms with van der Waals surface area (Å²) in [6, 6.07) is 4.22. The second-order valence-corrected chi connectivity index (χ2v) is 5.23. The van der Waals surface area contributed by atoms with E-state index in [0.717, 1.165) is 18.2 Å². The molecule has 1 aromatic carbocycles. The minimum Gasteiger partial charge on any atom is -0.494 e. The number of carbonyl (C=O) groups is 1. The minimum absolute atomic E-state index is 0.144. The van der Waals surface area contributed by atoms with Crippen molar-refractivity contribution in [1.29, 1.82) is 0 Å². The van der Waals surface area contributed by atoms with Crippen molar-refractivity contribution in [2.24, 2.45) is 5.41 Å². The average Bonchev–Trinajstić information content (AvgIpc) is 3.16. The Morgan fingerprint density at radius 2 is 2.28 bits per heavy atom. The Hall–Kier alpha value is -1.10. The lowest BCUT2D eigenvalue weighted by molar-refractivity contribution is 0.0946. The lowest BCUT2D eigenvalue weighted by Crippen LogP contribution is -2.30. The Morgan fingerprint density at radius 3 is 2.78 bits per heavy atom. The van der Waals surface area contributed by atoms with E-state index in [4.69, 9.17) is 4.74 Å². The van der Waals surface area contributed by atoms with Crippen LogP contribution in [0.4, 0.5) is 4.39 Å². The van der Waals surface area contributed by atoms with E-state index in [1.54, 1.807) is 6.07 Å². The van der Waals surface area contributed by atoms with E-state index in [2.05, 4.69) is 21.2 Å². The molecule has 1 N–H and O–H groups in total. The van der Waals surface area contributed by atoms with Crippen LogP contribution < -0.4 is 10.1 Å². The third kappa shape index (κ3) is 2.83. The van der Waals surface area contributed by atoms with Gasteiger partial charge in [-0.05, 0) is 36.5 Å². The lowest BCUT2D eigenvalue weighted by Gasteiger charge is -2.12. The molecule has 0 atom stereocenters. The minimum atomic E-state index is -0.522. The van der Waals surface area contributed by atoms with Gasteiger partial charge in [-0.3, -0.25) is 4.79 Å². The van der Waals surface area contributed by atoms with Crippen molar-refractivity contribution in [3.63, 3.8) is 0 Å². The summed E-state index contributed by atoms with van der Waals surface area (Å²) in [5.41, 5.74) is 0.527. The van der Waals surface area contributed by atoms with Gasteiger partial charge in [-0.15, -0.1) is 0 Å². The van der Waals surface area contributed by atoms with Crippen molar-refractivity contribution >= 4 is 21.8 Å². The van der Waals surface area contributed by atoms with Gasteiger partial charge in [-0.25, -0.2) is 4.39 Å². The number of halogens is 2. The number of benzene rings is 1. The van der Waals surface area contributed by atoms with Gasteiger partial charge in [0, 0.05) is 17.4 Å². The van der Waals surface area contributed by atoms with E-state index in [1.807, 2.05) is 0 Å². The van der Waals surface area contributed by atoms with Gasteiger partial charge in [0.05, 0.1) is 7.11 Å². The van der Waals surface area contributed by atoms with Crippen molar-refractivity contribution < 1.29 is 13.9 Å². The van der Waals surface area contributed by atoms with Crippen LogP contribution in [0.3, 0.4) is 0 Å². The summed E-state index contributed by atoms with van der Waals surface area (Å²) < 4.78 is 18.3. The highest BCUT2D eigenvalue weighted by Crippen LogP contribution is 2.46. The quantitative estimate of drug-likeness (QED) is 0.848. The van der Waals surface area contributed by atoms with Crippen LogP contribution in [0, 0.1) is 11.2 Å². The molecule has 0 radical (unpaired) electrons. The van der Waals surface area contributed by atoms with E-state index < -0.39 is 5.82 Å². The number of amides is 1. The van der Waals surface area contributed by atoms with Gasteiger partial charge in [0.25, 0.3) is 5.91 Å². The highest BCUT2D eigenvalue weighted by molar-refractivity contribution is 9.09. The Morgan fingerprint density at radius 1 is 1.56 bits per heavy atom. The number of hydrogen-bond donors (Lipinski definition) is 1. The van der Waals surface area contributed by atoms with Gasteiger partial charge in [0.2, 0.25) is 0 Å². The number of hydrogen-bond acceptors (Lipinski definition) is 2. The van der Waals surface area contributed by atoms with Crippen molar-refractivity contribution in [1.82, 2.24) is 5.32 Å². The van der Waals surface area contributed by atoms with E-state index in [0.29, 0.717) is 12.1 Å². The molecule has 1 aromatic rings. The standard InChI is InChI=1S/C13H15BrFNO2/c1-18-11-3-2-9(6-10(11)15)12(17)16-8-13(7-14)4-5-13/h2-3,6H,4-5,7-8H2,1H3,(H,16,17). The van der Waals surface area contributed by atoms with Crippen LogP contribution in [0.15, 0.2) is 18.2 Å². The molecular formula is C13H15BrFNO2. The molecule has 1 amide bonds. The predicted molar refractivity (Wildman–Crippen MR) is 70.7 cm³/mol. The molecule has 2 rings (SSSR count). The molecule has 0 bridgehead atoms. The number of methoxy groups -OCH3 is 1. The third-order valence-corrected chi connectivity index (χ3v) is 4.47. The van der Waals surface area contributed by atoms with Crippen molar-refractivity contribution in [2.75, 3.05) is 19.0 Å². The molecule has 3 nitrogen and oxygen atoms in total. The highest BCUT2D eigenvalue weighted by atomic mass is 79.9. The van der Waals surface area contributed by atoms with E-state index in [-0.39, 0.29) is 17.1 Å². The number of carbonyl (C=O) groups excluding carboxylic acids is 1. The molecule has 1 fully saturated rings. The van der Waals surface area contributed by atoms with Crippen LogP contribution in [0.5, 0.6) is 5.75 Å². The molecule has 0 unspecified atom stereocenters. The first kappa shape index (κ1) is 13.3. The van der Waals surface area contributed by atoms with Gasteiger partial charge in [0.15, 0.2) is 11.6 Å². The Balaban J connectivity index is 1.98. The molecule has 0 spiro atoms. The molecule has 5 heteroatoms. The number of rotatable bonds is 5. The maximum atomic E-state index is 13.5. The maximum Gasteiger partial charge on any atom is 0.251 e. The van der Waals surface area contributed by atoms with Crippen molar-refractivity contribution in [3.05, 3.63) is 29.6 Å². The van der Waals surface area contributed by atoms with Crippen molar-refractivity contribution in [3.8, 4) is 5.75 Å². The lowest BCUT2D eigenvalue weighted by atomic mass is 10.1. The molecular weight excluding hydrogens is 301 g/mol. The Kier molecular flexibility index (Phi) is 3.90. The zero-order valence-corrected chi connectivity index (χ0v) is 11.7. The van der Waals surface area contributed by atoms with Gasteiger partial charge in [0.1, 0.15) is 0 Å². The fourth-order valence-electron chi connectivity index (χ4n) is 1.71. The molecule has 98 valence electrons. The SMILES string of the molecule is COc1ccc(C(=O)NCC2(CBr)CC2)cc1F. The van der Waals surface area contributed by atoms with Crippen molar-refractivity contribution in [2.45, 2.75) is 12.8 Å². The highest BCUT2D eigenvalue weighted by Gasteiger charge is 2.41. The fourth-order valence-corrected chi connectivity index (χ4v) is 2.47. The summed E-state index contributed by atoms with van der Waals surface area (Å²) >= 11 is 3.44.